The number of hydrogen-bond acceptors (Lipinski definition) is 4. The Morgan fingerprint density at radius 1 is 1.00 bits per heavy atom. The van der Waals surface area contributed by atoms with Crippen molar-refractivity contribution in [3.63, 3.8) is 0 Å². The van der Waals surface area contributed by atoms with Gasteiger partial charge in [0, 0.05) is 11.1 Å². The van der Waals surface area contributed by atoms with E-state index < -0.39 is 21.8 Å². The van der Waals surface area contributed by atoms with Gasteiger partial charge in [0.05, 0.1) is 5.02 Å². The largest absolute Gasteiger partial charge is 0.269 e. The number of unbranched alkanes of at least 4 members (excludes halogenated alkanes) is 1. The third-order valence-electron chi connectivity index (χ3n) is 3.82. The molecule has 0 unspecified atom stereocenters. The molecule has 2 aromatic rings. The number of carbonyl (C=O) groups is 2. The van der Waals surface area contributed by atoms with E-state index in [1.165, 1.54) is 12.1 Å². The summed E-state index contributed by atoms with van der Waals surface area (Å²) in [5.41, 5.74) is 6.01. The number of primary sulfonamides is 1. The number of hydrogen-bond donors (Lipinski definition) is 3. The van der Waals surface area contributed by atoms with Gasteiger partial charge in [-0.2, -0.15) is 0 Å². The quantitative estimate of drug-likeness (QED) is 0.634. The highest BCUT2D eigenvalue weighted by Crippen LogP contribution is 2.21. The van der Waals surface area contributed by atoms with E-state index in [-0.39, 0.29) is 15.5 Å². The topological polar surface area (TPSA) is 118 Å². The van der Waals surface area contributed by atoms with Crippen LogP contribution in [0.5, 0.6) is 0 Å². The van der Waals surface area contributed by atoms with Crippen LogP contribution in [0.15, 0.2) is 47.4 Å². The van der Waals surface area contributed by atoms with Crippen molar-refractivity contribution < 1.29 is 18.0 Å². The molecule has 0 radical (unpaired) electrons. The van der Waals surface area contributed by atoms with Crippen LogP contribution in [0.3, 0.4) is 0 Å². The Kier molecular flexibility index (Phi) is 6.95. The molecule has 4 N–H and O–H groups in total. The average Bonchev–Trinajstić information content (AvgIpc) is 2.64. The van der Waals surface area contributed by atoms with Crippen LogP contribution in [0, 0.1) is 0 Å². The van der Waals surface area contributed by atoms with E-state index in [0.717, 1.165) is 30.9 Å². The standard InChI is InChI=1S/C18H20ClN3O4S/c1-2-3-4-12-5-7-13(8-6-12)17(23)21-22-18(24)14-9-10-15(19)16(11-14)27(20,25)26/h5-11H,2-4H2,1H3,(H,21,23)(H,22,24)(H2,20,25,26). The van der Waals surface area contributed by atoms with E-state index in [9.17, 15) is 18.0 Å². The summed E-state index contributed by atoms with van der Waals surface area (Å²) in [6.07, 6.45) is 3.10. The first-order valence-corrected chi connectivity index (χ1v) is 10.2. The summed E-state index contributed by atoms with van der Waals surface area (Å²) < 4.78 is 22.9. The van der Waals surface area contributed by atoms with Crippen LogP contribution in [0.1, 0.15) is 46.0 Å². The first kappa shape index (κ1) is 20.9. The highest BCUT2D eigenvalue weighted by molar-refractivity contribution is 7.89. The molecule has 0 fully saturated rings. The maximum absolute atomic E-state index is 12.1. The summed E-state index contributed by atoms with van der Waals surface area (Å²) in [5.74, 6) is -1.20. The summed E-state index contributed by atoms with van der Waals surface area (Å²) in [6, 6.07) is 10.7. The zero-order valence-electron chi connectivity index (χ0n) is 14.7. The molecule has 27 heavy (non-hydrogen) atoms. The van der Waals surface area contributed by atoms with Gasteiger partial charge < -0.3 is 0 Å². The molecule has 144 valence electrons. The zero-order valence-corrected chi connectivity index (χ0v) is 16.2. The predicted octanol–water partition coefficient (Wildman–Crippen LogP) is 2.40. The molecule has 2 aromatic carbocycles. The van der Waals surface area contributed by atoms with Gasteiger partial charge in [-0.15, -0.1) is 0 Å². The SMILES string of the molecule is CCCCc1ccc(C(=O)NNC(=O)c2ccc(Cl)c(S(N)(=O)=O)c2)cc1. The molecular formula is C18H20ClN3O4S. The highest BCUT2D eigenvalue weighted by atomic mass is 35.5. The number of nitrogens with one attached hydrogen (secondary N) is 2. The van der Waals surface area contributed by atoms with Crippen molar-refractivity contribution in [2.75, 3.05) is 0 Å². The lowest BCUT2D eigenvalue weighted by Crippen LogP contribution is -2.41. The van der Waals surface area contributed by atoms with E-state index in [1.807, 2.05) is 12.1 Å². The fraction of sp³-hybridized carbons (Fsp3) is 0.222. The van der Waals surface area contributed by atoms with Gasteiger partial charge in [0.2, 0.25) is 10.0 Å². The van der Waals surface area contributed by atoms with Crippen molar-refractivity contribution in [1.82, 2.24) is 10.9 Å². The second-order valence-electron chi connectivity index (χ2n) is 5.90. The van der Waals surface area contributed by atoms with E-state index in [1.54, 1.807) is 12.1 Å². The first-order valence-electron chi connectivity index (χ1n) is 8.24. The molecular weight excluding hydrogens is 390 g/mol. The molecule has 0 aliphatic rings. The number of carbonyl (C=O) groups excluding carboxylic acids is 2. The van der Waals surface area contributed by atoms with Crippen LogP contribution in [-0.4, -0.2) is 20.2 Å². The molecule has 2 rings (SSSR count). The third-order valence-corrected chi connectivity index (χ3v) is 5.22. The highest BCUT2D eigenvalue weighted by Gasteiger charge is 2.17. The van der Waals surface area contributed by atoms with Gasteiger partial charge in [0.25, 0.3) is 11.8 Å². The molecule has 9 heteroatoms. The normalized spacial score (nSPS) is 11.1. The van der Waals surface area contributed by atoms with E-state index in [2.05, 4.69) is 17.8 Å². The fourth-order valence-corrected chi connectivity index (χ4v) is 3.40. The third kappa shape index (κ3) is 5.78. The Balaban J connectivity index is 2.02. The van der Waals surface area contributed by atoms with Gasteiger partial charge in [-0.05, 0) is 48.7 Å². The lowest BCUT2D eigenvalue weighted by Gasteiger charge is -2.09. The van der Waals surface area contributed by atoms with Crippen LogP contribution in [0.25, 0.3) is 0 Å². The minimum absolute atomic E-state index is 0.0151. The summed E-state index contributed by atoms with van der Waals surface area (Å²) in [5, 5.41) is 4.96. The fourth-order valence-electron chi connectivity index (χ4n) is 2.32. The van der Waals surface area contributed by atoms with E-state index >= 15 is 0 Å². The molecule has 0 bridgehead atoms. The van der Waals surface area contributed by atoms with E-state index in [0.29, 0.717) is 5.56 Å². The number of hydrazine groups is 1. The van der Waals surface area contributed by atoms with Crippen LogP contribution < -0.4 is 16.0 Å². The second kappa shape index (κ2) is 8.98. The maximum Gasteiger partial charge on any atom is 0.269 e. The number of amides is 2. The van der Waals surface area contributed by atoms with Crippen LogP contribution in [-0.2, 0) is 16.4 Å². The van der Waals surface area contributed by atoms with Crippen LogP contribution >= 0.6 is 11.6 Å². The van der Waals surface area contributed by atoms with Crippen molar-refractivity contribution in [2.45, 2.75) is 31.1 Å². The predicted molar refractivity (Wildman–Crippen MR) is 103 cm³/mol. The molecule has 2 amide bonds. The van der Waals surface area contributed by atoms with Crippen LogP contribution in [0.2, 0.25) is 5.02 Å². The van der Waals surface area contributed by atoms with Gasteiger partial charge in [-0.1, -0.05) is 37.1 Å². The monoisotopic (exact) mass is 409 g/mol. The smallest absolute Gasteiger partial charge is 0.267 e. The molecule has 0 aliphatic carbocycles. The Morgan fingerprint density at radius 2 is 1.56 bits per heavy atom. The summed E-state index contributed by atoms with van der Waals surface area (Å²) in [4.78, 5) is 23.9. The molecule has 0 aliphatic heterocycles. The van der Waals surface area contributed by atoms with Crippen molar-refractivity contribution in [2.24, 2.45) is 5.14 Å². The molecule has 7 nitrogen and oxygen atoms in total. The molecule has 0 saturated heterocycles. The van der Waals surface area contributed by atoms with Gasteiger partial charge >= 0.3 is 0 Å². The minimum atomic E-state index is -4.07. The van der Waals surface area contributed by atoms with Crippen molar-refractivity contribution >= 4 is 33.4 Å². The number of aryl methyl sites for hydroxylation is 1. The summed E-state index contributed by atoms with van der Waals surface area (Å²) >= 11 is 5.78. The van der Waals surface area contributed by atoms with Crippen molar-refractivity contribution in [1.29, 1.82) is 0 Å². The van der Waals surface area contributed by atoms with Crippen molar-refractivity contribution in [3.8, 4) is 0 Å². The molecule has 0 heterocycles. The number of sulfonamides is 1. The number of halogens is 1. The number of nitrogens with two attached hydrogens (primary N) is 1. The first-order chi connectivity index (χ1) is 12.7. The Labute approximate surface area is 162 Å². The number of rotatable bonds is 6. The molecule has 0 aromatic heterocycles. The van der Waals surface area contributed by atoms with Gasteiger partial charge in [0.1, 0.15) is 4.90 Å². The maximum atomic E-state index is 12.1. The Hall–Kier alpha value is -2.42. The average molecular weight is 410 g/mol. The summed E-state index contributed by atoms with van der Waals surface area (Å²) in [7, 11) is -4.07. The van der Waals surface area contributed by atoms with E-state index in [4.69, 9.17) is 16.7 Å². The molecule has 0 saturated carbocycles. The lowest BCUT2D eigenvalue weighted by molar-refractivity contribution is 0.0846. The van der Waals surface area contributed by atoms with Gasteiger partial charge in [-0.3, -0.25) is 20.4 Å². The second-order valence-corrected chi connectivity index (χ2v) is 7.84. The zero-order chi connectivity index (χ0) is 20.0. The minimum Gasteiger partial charge on any atom is -0.267 e. The van der Waals surface area contributed by atoms with Gasteiger partial charge in [0.15, 0.2) is 0 Å². The molecule has 0 atom stereocenters. The Bertz CT molecular complexity index is 944. The Morgan fingerprint density at radius 3 is 2.11 bits per heavy atom. The van der Waals surface area contributed by atoms with Crippen molar-refractivity contribution in [3.05, 3.63) is 64.2 Å². The lowest BCUT2D eigenvalue weighted by atomic mass is 10.1. The summed E-state index contributed by atoms with van der Waals surface area (Å²) in [6.45, 7) is 2.11. The van der Waals surface area contributed by atoms with Gasteiger partial charge in [-0.25, -0.2) is 13.6 Å². The molecule has 0 spiro atoms. The number of benzene rings is 2. The van der Waals surface area contributed by atoms with Crippen LogP contribution in [0.4, 0.5) is 0 Å².